The molecule has 0 aromatic carbocycles. The van der Waals surface area contributed by atoms with Gasteiger partial charge in [-0.1, -0.05) is 0 Å². The number of thiophene rings is 1. The third-order valence-electron chi connectivity index (χ3n) is 3.52. The van der Waals surface area contributed by atoms with E-state index in [1.54, 1.807) is 11.3 Å². The van der Waals surface area contributed by atoms with Crippen molar-refractivity contribution in [2.45, 2.75) is 18.9 Å². The molecule has 0 amide bonds. The van der Waals surface area contributed by atoms with Crippen LogP contribution in [0.15, 0.2) is 11.4 Å². The predicted octanol–water partition coefficient (Wildman–Crippen LogP) is 1.78. The molecule has 5 nitrogen and oxygen atoms in total. The van der Waals surface area contributed by atoms with Crippen LogP contribution in [0.4, 0.5) is 11.8 Å². The molecule has 0 bridgehead atoms. The van der Waals surface area contributed by atoms with E-state index in [1.165, 1.54) is 19.4 Å². The third kappa shape index (κ3) is 2.13. The molecule has 0 saturated carbocycles. The van der Waals surface area contributed by atoms with E-state index in [1.807, 2.05) is 11.4 Å². The molecule has 1 atom stereocenters. The minimum atomic E-state index is 0.340. The van der Waals surface area contributed by atoms with E-state index in [-0.39, 0.29) is 0 Å². The van der Waals surface area contributed by atoms with Gasteiger partial charge < -0.3 is 16.0 Å². The molecule has 2 aromatic rings. The number of nitrogens with one attached hydrogen (secondary N) is 1. The standard InChI is InChI=1S/C12H17N5S/c1-17-5-2-3-8(17)7-14-10-9-4-6-18-11(9)16-12(13)15-10/h4,6,8H,2-3,5,7H2,1H3,(H3,13,14,15,16). The Kier molecular flexibility index (Phi) is 3.05. The average Bonchev–Trinajstić information content (AvgIpc) is 2.94. The summed E-state index contributed by atoms with van der Waals surface area (Å²) in [7, 11) is 2.17. The molecular weight excluding hydrogens is 246 g/mol. The highest BCUT2D eigenvalue weighted by Crippen LogP contribution is 2.26. The first kappa shape index (κ1) is 11.7. The number of rotatable bonds is 3. The van der Waals surface area contributed by atoms with Gasteiger partial charge in [0.2, 0.25) is 5.95 Å². The molecule has 0 spiro atoms. The second-order valence-electron chi connectivity index (χ2n) is 4.73. The van der Waals surface area contributed by atoms with Crippen molar-refractivity contribution >= 4 is 33.3 Å². The van der Waals surface area contributed by atoms with Crippen molar-refractivity contribution < 1.29 is 0 Å². The summed E-state index contributed by atoms with van der Waals surface area (Å²) in [4.78, 5) is 11.9. The minimum absolute atomic E-state index is 0.340. The van der Waals surface area contributed by atoms with Crippen molar-refractivity contribution in [2.75, 3.05) is 31.2 Å². The first-order valence-electron chi connectivity index (χ1n) is 6.19. The van der Waals surface area contributed by atoms with E-state index in [4.69, 9.17) is 5.73 Å². The Morgan fingerprint density at radius 3 is 3.22 bits per heavy atom. The second kappa shape index (κ2) is 4.70. The highest BCUT2D eigenvalue weighted by Gasteiger charge is 2.20. The van der Waals surface area contributed by atoms with Gasteiger partial charge in [0.05, 0.1) is 5.39 Å². The molecule has 18 heavy (non-hydrogen) atoms. The van der Waals surface area contributed by atoms with Crippen LogP contribution in [0.5, 0.6) is 0 Å². The van der Waals surface area contributed by atoms with E-state index in [9.17, 15) is 0 Å². The van der Waals surface area contributed by atoms with Crippen LogP contribution in [0.25, 0.3) is 10.2 Å². The van der Waals surface area contributed by atoms with Gasteiger partial charge >= 0.3 is 0 Å². The van der Waals surface area contributed by atoms with Crippen molar-refractivity contribution in [2.24, 2.45) is 0 Å². The maximum absolute atomic E-state index is 5.73. The maximum Gasteiger partial charge on any atom is 0.223 e. The molecule has 96 valence electrons. The van der Waals surface area contributed by atoms with Crippen molar-refractivity contribution in [1.82, 2.24) is 14.9 Å². The second-order valence-corrected chi connectivity index (χ2v) is 5.62. The first-order chi connectivity index (χ1) is 8.74. The van der Waals surface area contributed by atoms with Crippen LogP contribution in [0.2, 0.25) is 0 Å². The van der Waals surface area contributed by atoms with Gasteiger partial charge in [-0.3, -0.25) is 0 Å². The number of nitrogens with zero attached hydrogens (tertiary/aromatic N) is 3. The van der Waals surface area contributed by atoms with E-state index < -0.39 is 0 Å². The Morgan fingerprint density at radius 1 is 1.56 bits per heavy atom. The van der Waals surface area contributed by atoms with E-state index in [0.717, 1.165) is 22.6 Å². The summed E-state index contributed by atoms with van der Waals surface area (Å²) in [5.41, 5.74) is 5.73. The third-order valence-corrected chi connectivity index (χ3v) is 4.33. The van der Waals surface area contributed by atoms with Gasteiger partial charge in [-0.25, -0.2) is 4.98 Å². The zero-order valence-corrected chi connectivity index (χ0v) is 11.2. The van der Waals surface area contributed by atoms with Crippen LogP contribution >= 0.6 is 11.3 Å². The number of anilines is 2. The van der Waals surface area contributed by atoms with Crippen molar-refractivity contribution in [3.8, 4) is 0 Å². The molecule has 1 fully saturated rings. The van der Waals surface area contributed by atoms with Gasteiger partial charge in [-0.05, 0) is 37.9 Å². The molecule has 0 aliphatic carbocycles. The predicted molar refractivity (Wildman–Crippen MR) is 76.0 cm³/mol. The monoisotopic (exact) mass is 263 g/mol. The lowest BCUT2D eigenvalue weighted by Gasteiger charge is -2.20. The largest absolute Gasteiger partial charge is 0.368 e. The lowest BCUT2D eigenvalue weighted by molar-refractivity contribution is 0.322. The van der Waals surface area contributed by atoms with E-state index in [0.29, 0.717) is 12.0 Å². The summed E-state index contributed by atoms with van der Waals surface area (Å²) >= 11 is 1.59. The van der Waals surface area contributed by atoms with Crippen LogP contribution in [0.1, 0.15) is 12.8 Å². The smallest absolute Gasteiger partial charge is 0.223 e. The quantitative estimate of drug-likeness (QED) is 0.883. The summed E-state index contributed by atoms with van der Waals surface area (Å²) in [5.74, 6) is 1.20. The van der Waals surface area contributed by atoms with Gasteiger partial charge in [0.15, 0.2) is 0 Å². The Morgan fingerprint density at radius 2 is 2.44 bits per heavy atom. The molecule has 1 unspecified atom stereocenters. The molecule has 3 rings (SSSR count). The average molecular weight is 263 g/mol. The van der Waals surface area contributed by atoms with E-state index in [2.05, 4.69) is 27.2 Å². The summed E-state index contributed by atoms with van der Waals surface area (Å²) < 4.78 is 0. The van der Waals surface area contributed by atoms with E-state index >= 15 is 0 Å². The zero-order valence-electron chi connectivity index (χ0n) is 10.4. The zero-order chi connectivity index (χ0) is 12.5. The van der Waals surface area contributed by atoms with Crippen LogP contribution in [0, 0.1) is 0 Å². The van der Waals surface area contributed by atoms with Gasteiger partial charge in [0, 0.05) is 12.6 Å². The lowest BCUT2D eigenvalue weighted by Crippen LogP contribution is -2.31. The number of nitrogens with two attached hydrogens (primary N) is 1. The number of hydrogen-bond donors (Lipinski definition) is 2. The fraction of sp³-hybridized carbons (Fsp3) is 0.500. The Labute approximate surface area is 110 Å². The molecule has 1 aliphatic heterocycles. The normalized spacial score (nSPS) is 20.6. The minimum Gasteiger partial charge on any atom is -0.368 e. The lowest BCUT2D eigenvalue weighted by atomic mass is 10.2. The fourth-order valence-electron chi connectivity index (χ4n) is 2.46. The Balaban J connectivity index is 1.79. The van der Waals surface area contributed by atoms with Crippen molar-refractivity contribution in [3.05, 3.63) is 11.4 Å². The fourth-order valence-corrected chi connectivity index (χ4v) is 3.23. The number of likely N-dealkylation sites (tertiary alicyclic amines) is 1. The number of fused-ring (bicyclic) bond motifs is 1. The topological polar surface area (TPSA) is 67.1 Å². The first-order valence-corrected chi connectivity index (χ1v) is 7.07. The summed E-state index contributed by atoms with van der Waals surface area (Å²) in [6.07, 6.45) is 2.53. The molecule has 3 N–H and O–H groups in total. The number of nitrogen functional groups attached to an aromatic ring is 1. The number of aromatic nitrogens is 2. The molecule has 0 radical (unpaired) electrons. The van der Waals surface area contributed by atoms with Gasteiger partial charge in [-0.2, -0.15) is 4.98 Å². The van der Waals surface area contributed by atoms with Crippen LogP contribution < -0.4 is 11.1 Å². The molecule has 6 heteroatoms. The highest BCUT2D eigenvalue weighted by atomic mass is 32.1. The Hall–Kier alpha value is -1.40. The van der Waals surface area contributed by atoms with Crippen molar-refractivity contribution in [3.63, 3.8) is 0 Å². The number of likely N-dealkylation sites (N-methyl/N-ethyl adjacent to an activating group) is 1. The molecule has 1 aliphatic rings. The van der Waals surface area contributed by atoms with Gasteiger partial charge in [-0.15, -0.1) is 11.3 Å². The summed E-state index contributed by atoms with van der Waals surface area (Å²) in [6.45, 7) is 2.10. The molecule has 1 saturated heterocycles. The van der Waals surface area contributed by atoms with Crippen LogP contribution in [-0.4, -0.2) is 41.0 Å². The maximum atomic E-state index is 5.73. The Bertz CT molecular complexity index is 552. The van der Waals surface area contributed by atoms with Crippen LogP contribution in [0.3, 0.4) is 0 Å². The van der Waals surface area contributed by atoms with Crippen molar-refractivity contribution in [1.29, 1.82) is 0 Å². The summed E-state index contributed by atoms with van der Waals surface area (Å²) in [6, 6.07) is 2.63. The van der Waals surface area contributed by atoms with Crippen LogP contribution in [-0.2, 0) is 0 Å². The number of hydrogen-bond acceptors (Lipinski definition) is 6. The summed E-state index contributed by atoms with van der Waals surface area (Å²) in [5, 5.41) is 6.51. The SMILES string of the molecule is CN1CCCC1CNc1nc(N)nc2sccc12. The molecular formula is C12H17N5S. The van der Waals surface area contributed by atoms with Gasteiger partial charge in [0.1, 0.15) is 10.6 Å². The molecule has 3 heterocycles. The highest BCUT2D eigenvalue weighted by molar-refractivity contribution is 7.16. The molecule has 2 aromatic heterocycles. The van der Waals surface area contributed by atoms with Gasteiger partial charge in [0.25, 0.3) is 0 Å².